The largest absolute Gasteiger partial charge is 0.492 e. The van der Waals surface area contributed by atoms with Crippen LogP contribution in [0.3, 0.4) is 0 Å². The molecule has 0 spiro atoms. The third-order valence-corrected chi connectivity index (χ3v) is 2.52. The minimum absolute atomic E-state index is 0.245. The van der Waals surface area contributed by atoms with Gasteiger partial charge in [-0.15, -0.1) is 0 Å². The first-order valence-electron chi connectivity index (χ1n) is 5.38. The highest BCUT2D eigenvalue weighted by atomic mass is 19.1. The molecule has 1 fully saturated rings. The minimum Gasteiger partial charge on any atom is -0.492 e. The molecule has 1 saturated carbocycles. The third-order valence-electron chi connectivity index (χ3n) is 2.52. The van der Waals surface area contributed by atoms with E-state index in [4.69, 9.17) is 4.74 Å². The molecule has 0 aromatic heterocycles. The monoisotopic (exact) mass is 209 g/mol. The van der Waals surface area contributed by atoms with Gasteiger partial charge in [0, 0.05) is 18.7 Å². The van der Waals surface area contributed by atoms with Gasteiger partial charge in [-0.25, -0.2) is 4.39 Å². The summed E-state index contributed by atoms with van der Waals surface area (Å²) in [5, 5.41) is 3.34. The molecule has 1 N–H and O–H groups in total. The molecule has 1 aliphatic carbocycles. The summed E-state index contributed by atoms with van der Waals surface area (Å²) in [6.45, 7) is 3.35. The van der Waals surface area contributed by atoms with Crippen LogP contribution >= 0.6 is 0 Å². The number of rotatable bonds is 5. The lowest BCUT2D eigenvalue weighted by Crippen LogP contribution is -2.23. The number of hydrogen-bond acceptors (Lipinski definition) is 2. The van der Waals surface area contributed by atoms with Crippen LogP contribution in [0.4, 0.5) is 4.39 Å². The predicted octanol–water partition coefficient (Wildman–Crippen LogP) is 2.26. The fraction of sp³-hybridized carbons (Fsp3) is 0.500. The Morgan fingerprint density at radius 3 is 3.00 bits per heavy atom. The zero-order chi connectivity index (χ0) is 10.7. The molecular formula is C12H16FNO. The van der Waals surface area contributed by atoms with Crippen molar-refractivity contribution in [2.45, 2.75) is 25.8 Å². The van der Waals surface area contributed by atoms with Gasteiger partial charge in [-0.3, -0.25) is 0 Å². The van der Waals surface area contributed by atoms with Gasteiger partial charge in [0.2, 0.25) is 0 Å². The molecule has 1 aromatic rings. The van der Waals surface area contributed by atoms with Crippen LogP contribution in [0.2, 0.25) is 0 Å². The topological polar surface area (TPSA) is 21.3 Å². The van der Waals surface area contributed by atoms with Gasteiger partial charge in [-0.2, -0.15) is 0 Å². The summed E-state index contributed by atoms with van der Waals surface area (Å²) in [5.74, 6) is 0.401. The first-order valence-corrected chi connectivity index (χ1v) is 5.38. The molecule has 0 aliphatic heterocycles. The maximum Gasteiger partial charge on any atom is 0.126 e. The van der Waals surface area contributed by atoms with Crippen molar-refractivity contribution in [3.05, 3.63) is 29.6 Å². The Balaban J connectivity index is 1.78. The molecule has 2 nitrogen and oxygen atoms in total. The molecule has 15 heavy (non-hydrogen) atoms. The molecule has 0 bridgehead atoms. The van der Waals surface area contributed by atoms with Gasteiger partial charge in [-0.05, 0) is 31.4 Å². The Morgan fingerprint density at radius 2 is 2.27 bits per heavy atom. The molecule has 0 atom stereocenters. The Morgan fingerprint density at radius 1 is 1.47 bits per heavy atom. The summed E-state index contributed by atoms with van der Waals surface area (Å²) in [6.07, 6.45) is 2.55. The van der Waals surface area contributed by atoms with Crippen LogP contribution in [0.5, 0.6) is 5.75 Å². The summed E-state index contributed by atoms with van der Waals surface area (Å²) < 4.78 is 18.4. The van der Waals surface area contributed by atoms with Crippen molar-refractivity contribution in [3.8, 4) is 5.75 Å². The van der Waals surface area contributed by atoms with Gasteiger partial charge in [0.15, 0.2) is 0 Å². The zero-order valence-electron chi connectivity index (χ0n) is 8.92. The molecule has 0 radical (unpaired) electrons. The fourth-order valence-electron chi connectivity index (χ4n) is 1.44. The predicted molar refractivity (Wildman–Crippen MR) is 57.7 cm³/mol. The molecule has 1 aliphatic rings. The van der Waals surface area contributed by atoms with E-state index in [2.05, 4.69) is 5.32 Å². The van der Waals surface area contributed by atoms with Crippen LogP contribution in [0.1, 0.15) is 18.4 Å². The number of benzene rings is 1. The first kappa shape index (κ1) is 10.4. The maximum absolute atomic E-state index is 12.9. The van der Waals surface area contributed by atoms with Gasteiger partial charge in [0.1, 0.15) is 18.2 Å². The summed E-state index contributed by atoms with van der Waals surface area (Å²) in [6, 6.07) is 5.32. The zero-order valence-corrected chi connectivity index (χ0v) is 8.92. The van der Waals surface area contributed by atoms with E-state index in [0.29, 0.717) is 18.4 Å². The smallest absolute Gasteiger partial charge is 0.126 e. The van der Waals surface area contributed by atoms with Crippen LogP contribution in [-0.2, 0) is 0 Å². The Bertz CT molecular complexity index is 336. The molecule has 0 amide bonds. The number of aryl methyl sites for hydroxylation is 1. The van der Waals surface area contributed by atoms with Crippen LogP contribution in [0.25, 0.3) is 0 Å². The minimum atomic E-state index is -0.245. The second kappa shape index (κ2) is 4.62. The average Bonchev–Trinajstić information content (AvgIpc) is 3.01. The van der Waals surface area contributed by atoms with Crippen molar-refractivity contribution in [3.63, 3.8) is 0 Å². The van der Waals surface area contributed by atoms with Crippen molar-refractivity contribution < 1.29 is 9.13 Å². The van der Waals surface area contributed by atoms with Crippen LogP contribution < -0.4 is 10.1 Å². The quantitative estimate of drug-likeness (QED) is 0.751. The van der Waals surface area contributed by atoms with Gasteiger partial charge in [-0.1, -0.05) is 6.07 Å². The molecule has 0 unspecified atom stereocenters. The number of hydrogen-bond donors (Lipinski definition) is 1. The lowest BCUT2D eigenvalue weighted by molar-refractivity contribution is 0.310. The molecule has 0 saturated heterocycles. The fourth-order valence-corrected chi connectivity index (χ4v) is 1.44. The number of ether oxygens (including phenoxy) is 1. The second-order valence-electron chi connectivity index (χ2n) is 3.99. The highest BCUT2D eigenvalue weighted by molar-refractivity contribution is 5.32. The molecule has 1 aromatic carbocycles. The van der Waals surface area contributed by atoms with Crippen molar-refractivity contribution in [1.82, 2.24) is 5.32 Å². The molecule has 2 rings (SSSR count). The van der Waals surface area contributed by atoms with Gasteiger partial charge in [0.05, 0.1) is 0 Å². The highest BCUT2D eigenvalue weighted by Crippen LogP contribution is 2.19. The normalized spacial score (nSPS) is 15.3. The van der Waals surface area contributed by atoms with Gasteiger partial charge >= 0.3 is 0 Å². The van der Waals surface area contributed by atoms with Crippen LogP contribution in [-0.4, -0.2) is 19.2 Å². The summed E-state index contributed by atoms with van der Waals surface area (Å²) in [7, 11) is 0. The highest BCUT2D eigenvalue weighted by Gasteiger charge is 2.19. The van der Waals surface area contributed by atoms with E-state index in [0.717, 1.165) is 12.1 Å². The number of halogens is 1. The lowest BCUT2D eigenvalue weighted by atomic mass is 10.2. The average molecular weight is 209 g/mol. The van der Waals surface area contributed by atoms with E-state index < -0.39 is 0 Å². The molecule has 82 valence electrons. The Labute approximate surface area is 89.4 Å². The SMILES string of the molecule is Cc1ccc(F)cc1OCCNC1CC1. The Hall–Kier alpha value is -1.09. The van der Waals surface area contributed by atoms with Crippen molar-refractivity contribution >= 4 is 0 Å². The van der Waals surface area contributed by atoms with E-state index in [9.17, 15) is 4.39 Å². The van der Waals surface area contributed by atoms with E-state index in [1.165, 1.54) is 25.0 Å². The van der Waals surface area contributed by atoms with Crippen molar-refractivity contribution in [2.24, 2.45) is 0 Å². The molecule has 0 heterocycles. The summed E-state index contributed by atoms with van der Waals surface area (Å²) >= 11 is 0. The van der Waals surface area contributed by atoms with E-state index in [1.807, 2.05) is 6.92 Å². The Kier molecular flexibility index (Phi) is 3.21. The standard InChI is InChI=1S/C12H16FNO/c1-9-2-3-10(13)8-12(9)15-7-6-14-11-4-5-11/h2-3,8,11,14H,4-7H2,1H3. The van der Waals surface area contributed by atoms with E-state index >= 15 is 0 Å². The van der Waals surface area contributed by atoms with Crippen molar-refractivity contribution in [1.29, 1.82) is 0 Å². The van der Waals surface area contributed by atoms with Crippen LogP contribution in [0.15, 0.2) is 18.2 Å². The summed E-state index contributed by atoms with van der Waals surface area (Å²) in [5.41, 5.74) is 0.975. The van der Waals surface area contributed by atoms with Gasteiger partial charge in [0.25, 0.3) is 0 Å². The maximum atomic E-state index is 12.9. The van der Waals surface area contributed by atoms with Crippen molar-refractivity contribution in [2.75, 3.05) is 13.2 Å². The second-order valence-corrected chi connectivity index (χ2v) is 3.99. The lowest BCUT2D eigenvalue weighted by Gasteiger charge is -2.09. The van der Waals surface area contributed by atoms with E-state index in [1.54, 1.807) is 6.07 Å². The van der Waals surface area contributed by atoms with Gasteiger partial charge < -0.3 is 10.1 Å². The third kappa shape index (κ3) is 3.20. The first-order chi connectivity index (χ1) is 7.25. The van der Waals surface area contributed by atoms with E-state index in [-0.39, 0.29) is 5.82 Å². The molecular weight excluding hydrogens is 193 g/mol. The van der Waals surface area contributed by atoms with Crippen LogP contribution in [0, 0.1) is 12.7 Å². The summed E-state index contributed by atoms with van der Waals surface area (Å²) in [4.78, 5) is 0. The number of nitrogens with one attached hydrogen (secondary N) is 1. The molecule has 3 heteroatoms.